The second-order valence-electron chi connectivity index (χ2n) is 4.97. The van der Waals surface area contributed by atoms with Gasteiger partial charge in [-0.1, -0.05) is 58.3 Å². The summed E-state index contributed by atoms with van der Waals surface area (Å²) < 4.78 is 1.81. The second kappa shape index (κ2) is 8.67. The van der Waals surface area contributed by atoms with Gasteiger partial charge in [0.1, 0.15) is 0 Å². The van der Waals surface area contributed by atoms with Crippen LogP contribution in [0.4, 0.5) is 0 Å². The zero-order chi connectivity index (χ0) is 17.6. The number of rotatable bonds is 7. The van der Waals surface area contributed by atoms with Crippen LogP contribution >= 0.6 is 46.2 Å². The molecule has 0 saturated heterocycles. The van der Waals surface area contributed by atoms with Crippen molar-refractivity contribution in [3.8, 4) is 10.0 Å². The molecule has 0 aromatic carbocycles. The first-order valence-electron chi connectivity index (χ1n) is 7.59. The summed E-state index contributed by atoms with van der Waals surface area (Å²) in [7, 11) is 0. The molecule has 0 bridgehead atoms. The van der Waals surface area contributed by atoms with Gasteiger partial charge in [0.15, 0.2) is 18.7 Å². The first-order chi connectivity index (χ1) is 12.9. The highest BCUT2D eigenvalue weighted by molar-refractivity contribution is 8.00. The molecule has 0 unspecified atom stereocenters. The Morgan fingerprint density at radius 1 is 0.654 bits per heavy atom. The minimum Gasteiger partial charge on any atom is -0.260 e. The minimum absolute atomic E-state index is 0.775. The van der Waals surface area contributed by atoms with E-state index in [2.05, 4.69) is 30.4 Å². The number of hydrogen-bond acceptors (Lipinski definition) is 10. The summed E-state index contributed by atoms with van der Waals surface area (Å²) in [5.74, 6) is 1.55. The third-order valence-electron chi connectivity index (χ3n) is 3.14. The Bertz CT molecular complexity index is 877. The van der Waals surface area contributed by atoms with Gasteiger partial charge in [-0.25, -0.2) is 0 Å². The molecule has 6 nitrogen and oxygen atoms in total. The topological polar surface area (TPSA) is 77.3 Å². The number of aromatic nitrogens is 6. The van der Waals surface area contributed by atoms with Crippen molar-refractivity contribution in [2.24, 2.45) is 0 Å². The number of pyridine rings is 2. The Labute approximate surface area is 166 Å². The van der Waals surface area contributed by atoms with Crippen molar-refractivity contribution >= 4 is 46.2 Å². The lowest BCUT2D eigenvalue weighted by Gasteiger charge is -1.95. The van der Waals surface area contributed by atoms with Gasteiger partial charge in [0.2, 0.25) is 0 Å². The lowest BCUT2D eigenvalue weighted by Crippen LogP contribution is -1.83. The zero-order valence-electron chi connectivity index (χ0n) is 13.3. The Hall–Kier alpha value is -1.88. The molecule has 0 spiro atoms. The highest BCUT2D eigenvalue weighted by Crippen LogP contribution is 2.35. The lowest BCUT2D eigenvalue weighted by molar-refractivity contribution is 0.987. The molecule has 4 heterocycles. The predicted octanol–water partition coefficient (Wildman–Crippen LogP) is 4.43. The van der Waals surface area contributed by atoms with Crippen LogP contribution < -0.4 is 0 Å². The van der Waals surface area contributed by atoms with E-state index in [-0.39, 0.29) is 0 Å². The molecular weight excluding hydrogens is 404 g/mol. The van der Waals surface area contributed by atoms with E-state index in [4.69, 9.17) is 0 Å². The fraction of sp³-hybridized carbons (Fsp3) is 0.125. The van der Waals surface area contributed by atoms with E-state index in [0.717, 1.165) is 41.6 Å². The third kappa shape index (κ3) is 4.64. The van der Waals surface area contributed by atoms with Crippen LogP contribution in [0.2, 0.25) is 0 Å². The molecule has 0 amide bonds. The summed E-state index contributed by atoms with van der Waals surface area (Å²) in [5.41, 5.74) is 2.05. The molecule has 0 atom stereocenters. The fourth-order valence-corrected chi connectivity index (χ4v) is 5.49. The Morgan fingerprint density at radius 2 is 1.15 bits per heavy atom. The van der Waals surface area contributed by atoms with Gasteiger partial charge in [0.05, 0.1) is 11.4 Å². The SMILES string of the molecule is c1ccc(CSc2nnc(-c3nnc(SCc4ccccn4)s3)s2)nc1. The first-order valence-corrected chi connectivity index (χ1v) is 11.2. The van der Waals surface area contributed by atoms with Crippen LogP contribution in [0.1, 0.15) is 11.4 Å². The van der Waals surface area contributed by atoms with E-state index >= 15 is 0 Å². The van der Waals surface area contributed by atoms with Crippen LogP contribution in [0.3, 0.4) is 0 Å². The predicted molar refractivity (Wildman–Crippen MR) is 106 cm³/mol. The van der Waals surface area contributed by atoms with E-state index in [0.29, 0.717) is 0 Å². The second-order valence-corrected chi connectivity index (χ2v) is 9.37. The van der Waals surface area contributed by atoms with Crippen molar-refractivity contribution in [2.75, 3.05) is 0 Å². The van der Waals surface area contributed by atoms with Crippen LogP contribution in [0.15, 0.2) is 57.5 Å². The van der Waals surface area contributed by atoms with Gasteiger partial charge in [-0.3, -0.25) is 9.97 Å². The van der Waals surface area contributed by atoms with Gasteiger partial charge in [-0.05, 0) is 24.3 Å². The first kappa shape index (κ1) is 17.5. The van der Waals surface area contributed by atoms with E-state index in [1.165, 1.54) is 22.7 Å². The molecule has 130 valence electrons. The molecule has 26 heavy (non-hydrogen) atoms. The highest BCUT2D eigenvalue weighted by Gasteiger charge is 2.13. The fourth-order valence-electron chi connectivity index (χ4n) is 1.95. The molecule has 10 heteroatoms. The monoisotopic (exact) mass is 416 g/mol. The molecule has 4 aromatic heterocycles. The van der Waals surface area contributed by atoms with Gasteiger partial charge in [0.25, 0.3) is 0 Å². The van der Waals surface area contributed by atoms with Gasteiger partial charge in [0, 0.05) is 23.9 Å². The highest BCUT2D eigenvalue weighted by atomic mass is 32.2. The molecule has 0 aliphatic rings. The average molecular weight is 417 g/mol. The van der Waals surface area contributed by atoms with Crippen LogP contribution in [0.5, 0.6) is 0 Å². The molecule has 0 saturated carbocycles. The molecule has 0 aliphatic carbocycles. The maximum Gasteiger partial charge on any atom is 0.179 e. The Kier molecular flexibility index (Phi) is 5.85. The summed E-state index contributed by atoms with van der Waals surface area (Å²) >= 11 is 6.32. The van der Waals surface area contributed by atoms with Crippen LogP contribution in [0.25, 0.3) is 10.0 Å². The molecule has 0 aliphatic heterocycles. The molecule has 4 aromatic rings. The summed E-state index contributed by atoms with van der Waals surface area (Å²) in [5, 5.41) is 18.6. The normalized spacial score (nSPS) is 10.9. The van der Waals surface area contributed by atoms with Gasteiger partial charge < -0.3 is 0 Å². The summed E-state index contributed by atoms with van der Waals surface area (Å²) in [6.45, 7) is 0. The molecule has 0 radical (unpaired) electrons. The number of thioether (sulfide) groups is 2. The average Bonchev–Trinajstić information content (AvgIpc) is 3.36. The Balaban J connectivity index is 1.36. The summed E-state index contributed by atoms with van der Waals surface area (Å²) in [4.78, 5) is 8.63. The van der Waals surface area contributed by atoms with Crippen LogP contribution in [0, 0.1) is 0 Å². The minimum atomic E-state index is 0.775. The third-order valence-corrected chi connectivity index (χ3v) is 7.46. The lowest BCUT2D eigenvalue weighted by atomic mass is 10.4. The van der Waals surface area contributed by atoms with Crippen LogP contribution in [-0.2, 0) is 11.5 Å². The van der Waals surface area contributed by atoms with Gasteiger partial charge in [-0.15, -0.1) is 20.4 Å². The maximum absolute atomic E-state index is 4.32. The van der Waals surface area contributed by atoms with E-state index in [1.807, 2.05) is 36.4 Å². The standard InChI is InChI=1S/C16H12N6S4/c1-3-7-17-11(5-1)9-23-15-21-19-13(25-15)14-20-22-16(26-14)24-10-12-6-2-4-8-18-12/h1-8H,9-10H2. The number of hydrogen-bond donors (Lipinski definition) is 0. The largest absolute Gasteiger partial charge is 0.260 e. The molecule has 4 rings (SSSR count). The maximum atomic E-state index is 4.32. The molecular formula is C16H12N6S4. The zero-order valence-corrected chi connectivity index (χ0v) is 16.6. The van der Waals surface area contributed by atoms with E-state index in [1.54, 1.807) is 35.9 Å². The number of nitrogens with zero attached hydrogens (tertiary/aromatic N) is 6. The van der Waals surface area contributed by atoms with Crippen molar-refractivity contribution in [2.45, 2.75) is 20.2 Å². The van der Waals surface area contributed by atoms with Crippen molar-refractivity contribution in [3.63, 3.8) is 0 Å². The van der Waals surface area contributed by atoms with E-state index < -0.39 is 0 Å². The van der Waals surface area contributed by atoms with Crippen LogP contribution in [-0.4, -0.2) is 30.4 Å². The van der Waals surface area contributed by atoms with Gasteiger partial charge in [-0.2, -0.15) is 0 Å². The molecule has 0 N–H and O–H groups in total. The summed E-state index contributed by atoms with van der Waals surface area (Å²) in [6.07, 6.45) is 3.60. The molecule has 0 fully saturated rings. The quantitative estimate of drug-likeness (QED) is 0.409. The Morgan fingerprint density at radius 3 is 1.58 bits per heavy atom. The summed E-state index contributed by atoms with van der Waals surface area (Å²) in [6, 6.07) is 11.8. The van der Waals surface area contributed by atoms with Crippen molar-refractivity contribution in [1.29, 1.82) is 0 Å². The van der Waals surface area contributed by atoms with Crippen molar-refractivity contribution < 1.29 is 0 Å². The smallest absolute Gasteiger partial charge is 0.179 e. The van der Waals surface area contributed by atoms with Crippen molar-refractivity contribution in [1.82, 2.24) is 30.4 Å². The van der Waals surface area contributed by atoms with Gasteiger partial charge >= 0.3 is 0 Å². The van der Waals surface area contributed by atoms with Crippen molar-refractivity contribution in [3.05, 3.63) is 60.2 Å². The van der Waals surface area contributed by atoms with E-state index in [9.17, 15) is 0 Å².